The van der Waals surface area contributed by atoms with Crippen LogP contribution in [0.3, 0.4) is 0 Å². The van der Waals surface area contributed by atoms with E-state index in [1.807, 2.05) is 13.8 Å². The Labute approximate surface area is 182 Å². The Morgan fingerprint density at radius 1 is 1.06 bits per heavy atom. The van der Waals surface area contributed by atoms with Gasteiger partial charge in [-0.1, -0.05) is 6.07 Å². The zero-order valence-corrected chi connectivity index (χ0v) is 19.4. The second-order valence-corrected chi connectivity index (χ2v) is 9.55. The molecule has 172 valence electrons. The van der Waals surface area contributed by atoms with Gasteiger partial charge in [-0.05, 0) is 67.0 Å². The molecule has 1 aliphatic heterocycles. The number of benzene rings is 1. The fourth-order valence-electron chi connectivity index (χ4n) is 2.82. The molecule has 0 bridgehead atoms. The lowest BCUT2D eigenvalue weighted by atomic mass is 9.98. The first-order valence-electron chi connectivity index (χ1n) is 10.2. The van der Waals surface area contributed by atoms with Crippen molar-refractivity contribution in [3.05, 3.63) is 23.8 Å². The number of hydrogen-bond donors (Lipinski definition) is 1. The summed E-state index contributed by atoms with van der Waals surface area (Å²) in [6.07, 6.45) is -1.67. The number of fused-ring (bicyclic) bond motifs is 1. The average molecular weight is 437 g/mol. The SMILES string of the molecule is CC(C)Oc1ccc2c(c1)N(OC(=O)OC(C)(C)C)C(=O)[C@@H](NC(=O)OC(C)(C)C)C2. The van der Waals surface area contributed by atoms with Crippen LogP contribution in [0.4, 0.5) is 15.3 Å². The Bertz CT molecular complexity index is 837. The number of ether oxygens (including phenoxy) is 3. The molecule has 1 N–H and O–H groups in total. The summed E-state index contributed by atoms with van der Waals surface area (Å²) in [5.41, 5.74) is -0.512. The van der Waals surface area contributed by atoms with Crippen molar-refractivity contribution in [2.45, 2.75) is 85.2 Å². The zero-order chi connectivity index (χ0) is 23.6. The number of alkyl carbamates (subject to hydrolysis) is 1. The van der Waals surface area contributed by atoms with Crippen LogP contribution < -0.4 is 15.1 Å². The second kappa shape index (κ2) is 9.03. The lowest BCUT2D eigenvalue weighted by Crippen LogP contribution is -2.54. The van der Waals surface area contributed by atoms with Crippen molar-refractivity contribution in [2.24, 2.45) is 0 Å². The maximum atomic E-state index is 13.1. The summed E-state index contributed by atoms with van der Waals surface area (Å²) < 4.78 is 16.1. The molecule has 0 saturated carbocycles. The maximum absolute atomic E-state index is 13.1. The van der Waals surface area contributed by atoms with Gasteiger partial charge in [-0.15, -0.1) is 5.06 Å². The van der Waals surface area contributed by atoms with Crippen LogP contribution >= 0.6 is 0 Å². The van der Waals surface area contributed by atoms with Crippen molar-refractivity contribution in [1.82, 2.24) is 5.32 Å². The number of rotatable bonds is 4. The smallest absolute Gasteiger partial charge is 0.491 e. The van der Waals surface area contributed by atoms with Crippen LogP contribution in [0.5, 0.6) is 5.75 Å². The van der Waals surface area contributed by atoms with E-state index < -0.39 is 35.4 Å². The number of carbonyl (C=O) groups is 3. The van der Waals surface area contributed by atoms with E-state index in [0.29, 0.717) is 17.0 Å². The zero-order valence-electron chi connectivity index (χ0n) is 19.4. The van der Waals surface area contributed by atoms with Gasteiger partial charge in [0.1, 0.15) is 23.0 Å². The van der Waals surface area contributed by atoms with Crippen LogP contribution in [0.2, 0.25) is 0 Å². The minimum absolute atomic E-state index is 0.0841. The summed E-state index contributed by atoms with van der Waals surface area (Å²) in [4.78, 5) is 42.9. The van der Waals surface area contributed by atoms with Gasteiger partial charge >= 0.3 is 12.2 Å². The van der Waals surface area contributed by atoms with Crippen molar-refractivity contribution in [1.29, 1.82) is 0 Å². The Kier molecular flexibility index (Phi) is 7.08. The summed E-state index contributed by atoms with van der Waals surface area (Å²) in [6, 6.07) is 4.14. The molecule has 9 heteroatoms. The van der Waals surface area contributed by atoms with Crippen LogP contribution in [0.15, 0.2) is 18.2 Å². The Balaban J connectivity index is 2.33. The van der Waals surface area contributed by atoms with Gasteiger partial charge in [-0.2, -0.15) is 0 Å². The van der Waals surface area contributed by atoms with E-state index in [1.165, 1.54) is 0 Å². The topological polar surface area (TPSA) is 103 Å². The summed E-state index contributed by atoms with van der Waals surface area (Å²) in [7, 11) is 0. The van der Waals surface area contributed by atoms with Crippen molar-refractivity contribution < 1.29 is 33.4 Å². The third kappa shape index (κ3) is 7.34. The molecule has 1 aromatic rings. The highest BCUT2D eigenvalue weighted by Crippen LogP contribution is 2.33. The van der Waals surface area contributed by atoms with Crippen molar-refractivity contribution in [2.75, 3.05) is 5.06 Å². The fourth-order valence-corrected chi connectivity index (χ4v) is 2.82. The van der Waals surface area contributed by atoms with E-state index in [1.54, 1.807) is 59.7 Å². The Hall–Kier alpha value is -2.97. The Morgan fingerprint density at radius 3 is 2.23 bits per heavy atom. The molecule has 1 atom stereocenters. The molecule has 31 heavy (non-hydrogen) atoms. The molecule has 0 spiro atoms. The first kappa shape index (κ1) is 24.3. The molecule has 0 aromatic heterocycles. The lowest BCUT2D eigenvalue weighted by Gasteiger charge is -2.33. The third-order valence-electron chi connectivity index (χ3n) is 3.82. The molecule has 0 radical (unpaired) electrons. The quantitative estimate of drug-likeness (QED) is 0.708. The molecule has 0 saturated heterocycles. The first-order chi connectivity index (χ1) is 14.1. The first-order valence-corrected chi connectivity index (χ1v) is 10.2. The highest BCUT2D eigenvalue weighted by molar-refractivity contribution is 6.01. The van der Waals surface area contributed by atoms with Crippen LogP contribution in [0.1, 0.15) is 61.0 Å². The largest absolute Gasteiger partial charge is 0.534 e. The number of anilines is 1. The van der Waals surface area contributed by atoms with Gasteiger partial charge in [0.05, 0.1) is 11.8 Å². The normalized spacial score (nSPS) is 16.5. The van der Waals surface area contributed by atoms with Gasteiger partial charge in [0.15, 0.2) is 0 Å². The highest BCUT2D eigenvalue weighted by Gasteiger charge is 2.38. The lowest BCUT2D eigenvalue weighted by molar-refractivity contribution is -0.128. The van der Waals surface area contributed by atoms with Gasteiger partial charge in [-0.25, -0.2) is 9.59 Å². The number of hydroxylamine groups is 1. The molecule has 0 fully saturated rings. The summed E-state index contributed by atoms with van der Waals surface area (Å²) >= 11 is 0. The number of nitrogens with one attached hydrogen (secondary N) is 1. The molecule has 9 nitrogen and oxygen atoms in total. The summed E-state index contributed by atoms with van der Waals surface area (Å²) in [6.45, 7) is 14.0. The molecule has 1 aliphatic rings. The van der Waals surface area contributed by atoms with Gasteiger partial charge in [0.25, 0.3) is 5.91 Å². The van der Waals surface area contributed by atoms with Crippen molar-refractivity contribution in [3.63, 3.8) is 0 Å². The number of amides is 2. The molecular formula is C22H32N2O7. The van der Waals surface area contributed by atoms with E-state index in [2.05, 4.69) is 5.32 Å². The van der Waals surface area contributed by atoms with Gasteiger partial charge in [-0.3, -0.25) is 9.63 Å². The van der Waals surface area contributed by atoms with Crippen molar-refractivity contribution in [3.8, 4) is 5.75 Å². The monoisotopic (exact) mass is 436 g/mol. The third-order valence-corrected chi connectivity index (χ3v) is 3.82. The maximum Gasteiger partial charge on any atom is 0.534 e. The molecule has 0 aliphatic carbocycles. The minimum Gasteiger partial charge on any atom is -0.491 e. The Morgan fingerprint density at radius 2 is 1.68 bits per heavy atom. The molecule has 2 rings (SSSR count). The number of nitrogens with zero attached hydrogens (tertiary/aromatic N) is 1. The minimum atomic E-state index is -1.04. The van der Waals surface area contributed by atoms with E-state index in [4.69, 9.17) is 19.0 Å². The standard InChI is InChI=1S/C22H32N2O7/c1-13(2)28-15-10-9-14-11-16(23-19(26)29-21(3,4)5)18(25)24(17(14)12-15)31-20(27)30-22(6,7)8/h9-10,12-13,16H,11H2,1-8H3,(H,23,26)/t16-/m0/s1. The summed E-state index contributed by atoms with van der Waals surface area (Å²) in [5, 5.41) is 3.38. The predicted octanol–water partition coefficient (Wildman–Crippen LogP) is 4.12. The van der Waals surface area contributed by atoms with E-state index >= 15 is 0 Å². The van der Waals surface area contributed by atoms with Crippen molar-refractivity contribution >= 4 is 23.8 Å². The molecule has 1 heterocycles. The fraction of sp³-hybridized carbons (Fsp3) is 0.591. The average Bonchev–Trinajstić information content (AvgIpc) is 2.55. The van der Waals surface area contributed by atoms with E-state index in [0.717, 1.165) is 5.06 Å². The highest BCUT2D eigenvalue weighted by atomic mass is 16.8. The van der Waals surface area contributed by atoms with Crippen LogP contribution in [-0.4, -0.2) is 41.5 Å². The summed E-state index contributed by atoms with van der Waals surface area (Å²) in [5.74, 6) is -0.121. The van der Waals surface area contributed by atoms with Gasteiger partial charge < -0.3 is 19.5 Å². The van der Waals surface area contributed by atoms with E-state index in [9.17, 15) is 14.4 Å². The predicted molar refractivity (Wildman–Crippen MR) is 114 cm³/mol. The van der Waals surface area contributed by atoms with E-state index in [-0.39, 0.29) is 12.5 Å². The van der Waals surface area contributed by atoms with Crippen LogP contribution in [0, 0.1) is 0 Å². The van der Waals surface area contributed by atoms with Gasteiger partial charge in [0.2, 0.25) is 0 Å². The van der Waals surface area contributed by atoms with Crippen LogP contribution in [0.25, 0.3) is 0 Å². The molecule has 0 unspecified atom stereocenters. The number of carbonyl (C=O) groups excluding carboxylic acids is 3. The second-order valence-electron chi connectivity index (χ2n) is 9.55. The molecular weight excluding hydrogens is 404 g/mol. The molecule has 2 amide bonds. The molecule has 1 aromatic carbocycles. The number of hydrogen-bond acceptors (Lipinski definition) is 7. The van der Waals surface area contributed by atoms with Crippen LogP contribution in [-0.2, 0) is 25.5 Å². The van der Waals surface area contributed by atoms with Gasteiger partial charge in [0, 0.05) is 12.5 Å².